The van der Waals surface area contributed by atoms with Crippen molar-refractivity contribution in [3.8, 4) is 0 Å². The number of ether oxygens (including phenoxy) is 6. The Hall–Kier alpha value is -1.75. The van der Waals surface area contributed by atoms with Crippen LogP contribution in [0.2, 0.25) is 0 Å². The summed E-state index contributed by atoms with van der Waals surface area (Å²) in [4.78, 5) is 0. The lowest BCUT2D eigenvalue weighted by molar-refractivity contribution is -0.307. The summed E-state index contributed by atoms with van der Waals surface area (Å²) in [5.74, 6) is 0. The molecule has 0 amide bonds. The van der Waals surface area contributed by atoms with E-state index in [4.69, 9.17) is 57.1 Å². The van der Waals surface area contributed by atoms with Gasteiger partial charge in [0.2, 0.25) is 0 Å². The Labute approximate surface area is 308 Å². The molecule has 3 saturated heterocycles. The Morgan fingerprint density at radius 2 is 1.20 bits per heavy atom. The Morgan fingerprint density at radius 3 is 1.78 bits per heavy atom. The highest BCUT2D eigenvalue weighted by molar-refractivity contribution is 5.24. The number of nitrogens with two attached hydrogens (primary N) is 5. The fourth-order valence-corrected chi connectivity index (χ4v) is 7.05. The first-order valence-corrected chi connectivity index (χ1v) is 17.7. The van der Waals surface area contributed by atoms with Gasteiger partial charge in [-0.25, -0.2) is 0 Å². The van der Waals surface area contributed by atoms with Crippen LogP contribution in [-0.2, 0) is 41.0 Å². The van der Waals surface area contributed by atoms with E-state index in [1.165, 1.54) is 12.1 Å². The van der Waals surface area contributed by atoms with Gasteiger partial charge in [0.1, 0.15) is 67.1 Å². The summed E-state index contributed by atoms with van der Waals surface area (Å²) >= 11 is 0. The molecule has 54 heavy (non-hydrogen) atoms. The maximum absolute atomic E-state index is 12.9. The first-order valence-electron chi connectivity index (χ1n) is 17.7. The van der Waals surface area contributed by atoms with Crippen LogP contribution in [0.4, 0.5) is 13.2 Å². The lowest BCUT2D eigenvalue weighted by atomic mass is 9.84. The van der Waals surface area contributed by atoms with E-state index < -0.39 is 135 Å². The first-order chi connectivity index (χ1) is 25.5. The van der Waals surface area contributed by atoms with Crippen LogP contribution in [0, 0.1) is 0 Å². The number of halogens is 3. The summed E-state index contributed by atoms with van der Waals surface area (Å²) in [7, 11) is 0. The van der Waals surface area contributed by atoms with E-state index in [0.29, 0.717) is 12.0 Å². The van der Waals surface area contributed by atoms with Crippen molar-refractivity contribution in [3.05, 3.63) is 35.4 Å². The van der Waals surface area contributed by atoms with Gasteiger partial charge in [-0.3, -0.25) is 0 Å². The molecule has 0 unspecified atom stereocenters. The number of benzene rings is 1. The van der Waals surface area contributed by atoms with Crippen LogP contribution < -0.4 is 34.0 Å². The SMILES string of the molecule is NC[C@@H]1O[C@H](O[C@H]2[C@@H](O)[C@H](O[C@@H]3[C@@H](O)[C@H](N)C[C@H](N)[C@H]3O[C@H]3O[C@H](CNCCc4ccc(C(F)(F)F)cc4)[C@@H](O)[C@H](O)[C@H]3N)O[C@@H]2CO)[C@H](N)[C@@H](O)[C@@H]1O. The molecule has 1 saturated carbocycles. The molecule has 3 heterocycles. The number of aliphatic hydroxyl groups excluding tert-OH is 7. The number of hydrogen-bond acceptors (Lipinski definition) is 19. The fraction of sp³-hybridized carbons (Fsp3) is 0.812. The van der Waals surface area contributed by atoms with Gasteiger partial charge >= 0.3 is 6.18 Å². The van der Waals surface area contributed by atoms with E-state index in [2.05, 4.69) is 5.32 Å². The monoisotopic (exact) mass is 786 g/mol. The quantitative estimate of drug-likeness (QED) is 0.0828. The normalized spacial score (nSPS) is 44.8. The molecule has 0 radical (unpaired) electrons. The largest absolute Gasteiger partial charge is 0.416 e. The van der Waals surface area contributed by atoms with E-state index in [1.54, 1.807) is 0 Å². The van der Waals surface area contributed by atoms with Crippen molar-refractivity contribution in [1.82, 2.24) is 5.32 Å². The van der Waals surface area contributed by atoms with Crippen LogP contribution in [0.25, 0.3) is 0 Å². The van der Waals surface area contributed by atoms with Crippen LogP contribution in [-0.4, -0.2) is 178 Å². The predicted octanol–water partition coefficient (Wildman–Crippen LogP) is -6.00. The fourth-order valence-electron chi connectivity index (χ4n) is 7.05. The van der Waals surface area contributed by atoms with Gasteiger partial charge in [0.15, 0.2) is 18.9 Å². The van der Waals surface area contributed by atoms with Gasteiger partial charge in [0.05, 0.1) is 30.4 Å². The molecule has 5 rings (SSSR count). The van der Waals surface area contributed by atoms with Gasteiger partial charge in [-0.15, -0.1) is 0 Å². The van der Waals surface area contributed by atoms with Crippen molar-refractivity contribution in [2.45, 2.75) is 135 Å². The van der Waals surface area contributed by atoms with Gasteiger partial charge in [0.25, 0.3) is 0 Å². The molecule has 1 aliphatic carbocycles. The zero-order valence-electron chi connectivity index (χ0n) is 29.1. The third-order valence-corrected chi connectivity index (χ3v) is 10.4. The summed E-state index contributed by atoms with van der Waals surface area (Å²) in [5.41, 5.74) is 30.3. The summed E-state index contributed by atoms with van der Waals surface area (Å²) < 4.78 is 73.9. The highest BCUT2D eigenvalue weighted by Gasteiger charge is 2.54. The summed E-state index contributed by atoms with van der Waals surface area (Å²) in [6, 6.07) is 0.213. The van der Waals surface area contributed by atoms with E-state index >= 15 is 0 Å². The van der Waals surface area contributed by atoms with E-state index in [9.17, 15) is 48.9 Å². The number of alkyl halides is 3. The zero-order valence-corrected chi connectivity index (χ0v) is 29.1. The second-order valence-electron chi connectivity index (χ2n) is 14.2. The Morgan fingerprint density at radius 1 is 0.667 bits per heavy atom. The standard InChI is InChI=1S/C32H53F3N6O13/c33-32(34,35)12-3-1-11(2-4-12)5-6-41-9-16-22(45)24(47)19(40)30(50-16)52-26-14(38)7-13(37)20(43)28(26)54-31-25(48)27(17(10-42)51-31)53-29-18(39)23(46)21(44)15(8-36)49-29/h1-4,13-31,41-48H,5-10,36-40H2/t13-,14+,15+,16-,17-,18-,19-,20+,21-,22-,23-,24-,25-,26-,27-,28-,29-,30-,31+/m1/s1. The number of rotatable bonds is 13. The number of aliphatic hydroxyl groups is 7. The van der Waals surface area contributed by atoms with E-state index in [1.807, 2.05) is 0 Å². The number of nitrogens with one attached hydrogen (secondary N) is 1. The smallest absolute Gasteiger partial charge is 0.394 e. The molecule has 4 fully saturated rings. The molecule has 18 N–H and O–H groups in total. The first kappa shape index (κ1) is 43.4. The van der Waals surface area contributed by atoms with Gasteiger partial charge in [0, 0.05) is 25.2 Å². The molecular weight excluding hydrogens is 733 g/mol. The molecule has 3 aliphatic heterocycles. The van der Waals surface area contributed by atoms with Gasteiger partial charge in [-0.1, -0.05) is 12.1 Å². The second kappa shape index (κ2) is 18.2. The van der Waals surface area contributed by atoms with Crippen LogP contribution in [0.3, 0.4) is 0 Å². The molecule has 0 bridgehead atoms. The summed E-state index contributed by atoms with van der Waals surface area (Å²) in [5, 5.41) is 77.6. The molecule has 4 aliphatic rings. The van der Waals surface area contributed by atoms with Gasteiger partial charge in [-0.05, 0) is 37.1 Å². The third kappa shape index (κ3) is 9.50. The molecular formula is C32H53F3N6O13. The van der Waals surface area contributed by atoms with Crippen LogP contribution in [0.1, 0.15) is 17.5 Å². The molecule has 310 valence electrons. The average Bonchev–Trinajstić information content (AvgIpc) is 3.43. The topological polar surface area (TPSA) is 339 Å². The highest BCUT2D eigenvalue weighted by Crippen LogP contribution is 2.34. The zero-order chi connectivity index (χ0) is 39.6. The summed E-state index contributed by atoms with van der Waals surface area (Å²) in [6.45, 7) is -0.639. The predicted molar refractivity (Wildman–Crippen MR) is 177 cm³/mol. The molecule has 0 spiro atoms. The molecule has 0 aromatic heterocycles. The Balaban J connectivity index is 1.23. The maximum Gasteiger partial charge on any atom is 0.416 e. The van der Waals surface area contributed by atoms with E-state index in [-0.39, 0.29) is 26.1 Å². The average molecular weight is 787 g/mol. The van der Waals surface area contributed by atoms with Crippen molar-refractivity contribution in [3.63, 3.8) is 0 Å². The van der Waals surface area contributed by atoms with Crippen molar-refractivity contribution < 1.29 is 77.3 Å². The Kier molecular flexibility index (Phi) is 14.6. The molecule has 22 heteroatoms. The lowest BCUT2D eigenvalue weighted by Crippen LogP contribution is -2.68. The molecule has 1 aromatic carbocycles. The third-order valence-electron chi connectivity index (χ3n) is 10.4. The second-order valence-corrected chi connectivity index (χ2v) is 14.2. The van der Waals surface area contributed by atoms with Crippen molar-refractivity contribution in [1.29, 1.82) is 0 Å². The van der Waals surface area contributed by atoms with Gasteiger partial charge < -0.3 is 98.2 Å². The van der Waals surface area contributed by atoms with Crippen molar-refractivity contribution >= 4 is 0 Å². The van der Waals surface area contributed by atoms with Crippen molar-refractivity contribution in [2.24, 2.45) is 28.7 Å². The minimum atomic E-state index is -4.46. The van der Waals surface area contributed by atoms with Crippen molar-refractivity contribution in [2.75, 3.05) is 26.2 Å². The highest BCUT2D eigenvalue weighted by atomic mass is 19.4. The molecule has 1 aromatic rings. The minimum absolute atomic E-state index is 0.0280. The lowest BCUT2D eigenvalue weighted by Gasteiger charge is -2.47. The number of hydrogen-bond donors (Lipinski definition) is 13. The Bertz CT molecular complexity index is 1330. The molecule has 19 atom stereocenters. The van der Waals surface area contributed by atoms with Crippen LogP contribution in [0.15, 0.2) is 24.3 Å². The minimum Gasteiger partial charge on any atom is -0.394 e. The summed E-state index contributed by atoms with van der Waals surface area (Å²) in [6.07, 6.45) is -25.0. The molecule has 19 nitrogen and oxygen atoms in total. The van der Waals surface area contributed by atoms with Gasteiger partial charge in [-0.2, -0.15) is 13.2 Å². The van der Waals surface area contributed by atoms with Crippen LogP contribution >= 0.6 is 0 Å². The van der Waals surface area contributed by atoms with Crippen LogP contribution in [0.5, 0.6) is 0 Å². The van der Waals surface area contributed by atoms with E-state index in [0.717, 1.165) is 12.1 Å². The maximum atomic E-state index is 12.9.